The van der Waals surface area contributed by atoms with E-state index in [0.717, 1.165) is 0 Å². The molecule has 1 aromatic carbocycles. The van der Waals surface area contributed by atoms with Crippen LogP contribution in [-0.2, 0) is 9.47 Å². The van der Waals surface area contributed by atoms with Gasteiger partial charge in [0.05, 0.1) is 5.56 Å². The van der Waals surface area contributed by atoms with Crippen LogP contribution in [0.3, 0.4) is 0 Å². The molecule has 0 radical (unpaired) electrons. The second kappa shape index (κ2) is 6.40. The van der Waals surface area contributed by atoms with E-state index in [1.807, 2.05) is 13.8 Å². The standard InChI is InChI=1S/C13H15FN2O3/c1-3-17-13(18-4-2)12-15-11(16-19-12)9-7-5-6-8-10(9)14/h5-8,13H,3-4H2,1-2H3. The fourth-order valence-electron chi connectivity index (χ4n) is 1.58. The van der Waals surface area contributed by atoms with E-state index in [1.54, 1.807) is 18.2 Å². The van der Waals surface area contributed by atoms with Gasteiger partial charge in [-0.3, -0.25) is 0 Å². The number of benzene rings is 1. The third-order valence-electron chi connectivity index (χ3n) is 2.39. The average Bonchev–Trinajstić information content (AvgIpc) is 2.88. The minimum Gasteiger partial charge on any atom is -0.345 e. The molecular weight excluding hydrogens is 251 g/mol. The lowest BCUT2D eigenvalue weighted by molar-refractivity contribution is -0.155. The molecule has 0 bridgehead atoms. The first kappa shape index (κ1) is 13.6. The molecule has 0 aliphatic rings. The van der Waals surface area contributed by atoms with Gasteiger partial charge in [-0.15, -0.1) is 0 Å². The Morgan fingerprint density at radius 1 is 1.21 bits per heavy atom. The number of nitrogens with zero attached hydrogens (tertiary/aromatic N) is 2. The molecule has 0 aliphatic heterocycles. The van der Waals surface area contributed by atoms with E-state index in [9.17, 15) is 4.39 Å². The predicted molar refractivity (Wildman–Crippen MR) is 65.7 cm³/mol. The third kappa shape index (κ3) is 3.15. The minimum absolute atomic E-state index is 0.178. The maximum atomic E-state index is 13.6. The van der Waals surface area contributed by atoms with Crippen LogP contribution in [0.4, 0.5) is 4.39 Å². The quantitative estimate of drug-likeness (QED) is 0.752. The number of halogens is 1. The van der Waals surface area contributed by atoms with E-state index < -0.39 is 12.1 Å². The molecule has 102 valence electrons. The van der Waals surface area contributed by atoms with Gasteiger partial charge in [0.2, 0.25) is 12.1 Å². The molecule has 5 nitrogen and oxygen atoms in total. The van der Waals surface area contributed by atoms with Crippen molar-refractivity contribution in [1.82, 2.24) is 10.1 Å². The Labute approximate surface area is 110 Å². The van der Waals surface area contributed by atoms with Crippen molar-refractivity contribution in [1.29, 1.82) is 0 Å². The Hall–Kier alpha value is -1.79. The largest absolute Gasteiger partial charge is 0.345 e. The fourth-order valence-corrected chi connectivity index (χ4v) is 1.58. The molecule has 0 fully saturated rings. The van der Waals surface area contributed by atoms with E-state index in [4.69, 9.17) is 14.0 Å². The maximum absolute atomic E-state index is 13.6. The zero-order valence-electron chi connectivity index (χ0n) is 10.8. The molecule has 2 aromatic rings. The Balaban J connectivity index is 2.25. The highest BCUT2D eigenvalue weighted by molar-refractivity contribution is 5.54. The Kier molecular flexibility index (Phi) is 4.59. The van der Waals surface area contributed by atoms with Gasteiger partial charge in [-0.05, 0) is 26.0 Å². The lowest BCUT2D eigenvalue weighted by Gasteiger charge is -2.11. The summed E-state index contributed by atoms with van der Waals surface area (Å²) in [6.07, 6.45) is -0.719. The van der Waals surface area contributed by atoms with Crippen LogP contribution in [-0.4, -0.2) is 23.4 Å². The van der Waals surface area contributed by atoms with Gasteiger partial charge in [-0.1, -0.05) is 17.3 Å². The summed E-state index contributed by atoms with van der Waals surface area (Å²) in [5, 5.41) is 3.75. The van der Waals surface area contributed by atoms with E-state index in [-0.39, 0.29) is 17.3 Å². The van der Waals surface area contributed by atoms with Crippen LogP contribution >= 0.6 is 0 Å². The molecule has 0 N–H and O–H groups in total. The Morgan fingerprint density at radius 2 is 1.89 bits per heavy atom. The first-order valence-electron chi connectivity index (χ1n) is 6.08. The van der Waals surface area contributed by atoms with Crippen LogP contribution in [0.2, 0.25) is 0 Å². The van der Waals surface area contributed by atoms with Crippen LogP contribution in [0, 0.1) is 5.82 Å². The van der Waals surface area contributed by atoms with Crippen LogP contribution in [0.1, 0.15) is 26.0 Å². The first-order chi connectivity index (χ1) is 9.26. The maximum Gasteiger partial charge on any atom is 0.283 e. The van der Waals surface area contributed by atoms with Crippen molar-refractivity contribution >= 4 is 0 Å². The fraction of sp³-hybridized carbons (Fsp3) is 0.385. The number of rotatable bonds is 6. The van der Waals surface area contributed by atoms with Gasteiger partial charge in [-0.2, -0.15) is 4.98 Å². The van der Waals surface area contributed by atoms with Crippen molar-refractivity contribution in [2.75, 3.05) is 13.2 Å². The van der Waals surface area contributed by atoms with Crippen LogP contribution < -0.4 is 0 Å². The van der Waals surface area contributed by atoms with Crippen LogP contribution in [0.5, 0.6) is 0 Å². The number of ether oxygens (including phenoxy) is 2. The lowest BCUT2D eigenvalue weighted by Crippen LogP contribution is -2.09. The van der Waals surface area contributed by atoms with Crippen molar-refractivity contribution < 1.29 is 18.4 Å². The SMILES string of the molecule is CCOC(OCC)c1nc(-c2ccccc2F)no1. The van der Waals surface area contributed by atoms with Gasteiger partial charge in [0.25, 0.3) is 5.89 Å². The van der Waals surface area contributed by atoms with Crippen molar-refractivity contribution in [3.05, 3.63) is 36.0 Å². The number of aromatic nitrogens is 2. The molecular formula is C13H15FN2O3. The molecule has 0 aliphatic carbocycles. The summed E-state index contributed by atoms with van der Waals surface area (Å²) in [5.41, 5.74) is 0.282. The highest BCUT2D eigenvalue weighted by Crippen LogP contribution is 2.23. The molecule has 0 unspecified atom stereocenters. The summed E-state index contributed by atoms with van der Waals surface area (Å²) in [5.74, 6) is -0.0429. The van der Waals surface area contributed by atoms with Gasteiger partial charge in [0, 0.05) is 13.2 Å². The average molecular weight is 266 g/mol. The second-order valence-electron chi connectivity index (χ2n) is 3.68. The summed E-state index contributed by atoms with van der Waals surface area (Å²) in [6.45, 7) is 4.56. The van der Waals surface area contributed by atoms with E-state index >= 15 is 0 Å². The van der Waals surface area contributed by atoms with Crippen LogP contribution in [0.25, 0.3) is 11.4 Å². The Bertz CT molecular complexity index is 524. The molecule has 0 amide bonds. The van der Waals surface area contributed by atoms with Crippen LogP contribution in [0.15, 0.2) is 28.8 Å². The van der Waals surface area contributed by atoms with E-state index in [2.05, 4.69) is 10.1 Å². The molecule has 0 saturated carbocycles. The molecule has 6 heteroatoms. The molecule has 1 aromatic heterocycles. The Morgan fingerprint density at radius 3 is 2.53 bits per heavy atom. The summed E-state index contributed by atoms with van der Waals surface area (Å²) in [7, 11) is 0. The van der Waals surface area contributed by atoms with Gasteiger partial charge < -0.3 is 14.0 Å². The van der Waals surface area contributed by atoms with E-state index in [1.165, 1.54) is 6.07 Å². The molecule has 2 rings (SSSR count). The third-order valence-corrected chi connectivity index (χ3v) is 2.39. The van der Waals surface area contributed by atoms with E-state index in [0.29, 0.717) is 13.2 Å². The number of hydrogen-bond acceptors (Lipinski definition) is 5. The second-order valence-corrected chi connectivity index (χ2v) is 3.68. The topological polar surface area (TPSA) is 57.4 Å². The van der Waals surface area contributed by atoms with Gasteiger partial charge in [0.1, 0.15) is 5.82 Å². The predicted octanol–water partition coefficient (Wildman–Crippen LogP) is 2.95. The summed E-state index contributed by atoms with van der Waals surface area (Å²) in [6, 6.07) is 6.23. The van der Waals surface area contributed by atoms with Crippen molar-refractivity contribution in [2.45, 2.75) is 20.1 Å². The number of hydrogen-bond donors (Lipinski definition) is 0. The van der Waals surface area contributed by atoms with Gasteiger partial charge >= 0.3 is 0 Å². The molecule has 1 heterocycles. The smallest absolute Gasteiger partial charge is 0.283 e. The molecule has 0 atom stereocenters. The lowest BCUT2D eigenvalue weighted by atomic mass is 10.2. The first-order valence-corrected chi connectivity index (χ1v) is 6.08. The monoisotopic (exact) mass is 266 g/mol. The zero-order chi connectivity index (χ0) is 13.7. The van der Waals surface area contributed by atoms with Crippen molar-refractivity contribution in [3.63, 3.8) is 0 Å². The molecule has 0 spiro atoms. The highest BCUT2D eigenvalue weighted by Gasteiger charge is 2.21. The summed E-state index contributed by atoms with van der Waals surface area (Å²) < 4.78 is 29.3. The van der Waals surface area contributed by atoms with Gasteiger partial charge in [-0.25, -0.2) is 4.39 Å². The van der Waals surface area contributed by atoms with Crippen molar-refractivity contribution in [2.24, 2.45) is 0 Å². The molecule has 0 saturated heterocycles. The zero-order valence-corrected chi connectivity index (χ0v) is 10.8. The molecule has 19 heavy (non-hydrogen) atoms. The normalized spacial score (nSPS) is 11.2. The minimum atomic E-state index is -0.719. The van der Waals surface area contributed by atoms with Gasteiger partial charge in [0.15, 0.2) is 0 Å². The van der Waals surface area contributed by atoms with Crippen molar-refractivity contribution in [3.8, 4) is 11.4 Å². The summed E-state index contributed by atoms with van der Waals surface area (Å²) >= 11 is 0. The highest BCUT2D eigenvalue weighted by atomic mass is 19.1. The summed E-state index contributed by atoms with van der Waals surface area (Å²) in [4.78, 5) is 4.11.